The maximum absolute atomic E-state index is 13.7. The molecule has 0 saturated heterocycles. The zero-order valence-electron chi connectivity index (χ0n) is 19.7. The van der Waals surface area contributed by atoms with Crippen LogP contribution in [0.1, 0.15) is 10.4 Å². The number of nitrogens with zero attached hydrogens (tertiary/aromatic N) is 2. The number of ether oxygens (including phenoxy) is 3. The molecule has 0 aliphatic carbocycles. The van der Waals surface area contributed by atoms with E-state index in [0.29, 0.717) is 50.8 Å². The van der Waals surface area contributed by atoms with Crippen LogP contribution in [0.2, 0.25) is 0 Å². The molecule has 4 aromatic carbocycles. The summed E-state index contributed by atoms with van der Waals surface area (Å²) in [7, 11) is 3.05. The van der Waals surface area contributed by atoms with E-state index in [1.54, 1.807) is 65.2 Å². The number of esters is 1. The van der Waals surface area contributed by atoms with Crippen molar-refractivity contribution >= 4 is 16.9 Å². The van der Waals surface area contributed by atoms with Gasteiger partial charge in [-0.3, -0.25) is 9.36 Å². The number of aromatic nitrogens is 2. The molecule has 0 spiro atoms. The van der Waals surface area contributed by atoms with Crippen LogP contribution in [0.3, 0.4) is 0 Å². The van der Waals surface area contributed by atoms with E-state index >= 15 is 0 Å². The molecule has 5 rings (SSSR count). The van der Waals surface area contributed by atoms with E-state index in [1.165, 1.54) is 14.2 Å². The second kappa shape index (κ2) is 9.76. The number of methoxy groups -OCH3 is 2. The minimum Gasteiger partial charge on any atom is -0.493 e. The first-order valence-electron chi connectivity index (χ1n) is 11.2. The van der Waals surface area contributed by atoms with E-state index in [-0.39, 0.29) is 5.56 Å². The van der Waals surface area contributed by atoms with Gasteiger partial charge in [0.2, 0.25) is 0 Å². The molecule has 0 amide bonds. The fourth-order valence-corrected chi connectivity index (χ4v) is 3.94. The third-order valence-corrected chi connectivity index (χ3v) is 5.72. The first kappa shape index (κ1) is 22.9. The van der Waals surface area contributed by atoms with Crippen LogP contribution in [-0.4, -0.2) is 29.7 Å². The van der Waals surface area contributed by atoms with Crippen LogP contribution in [0.25, 0.3) is 28.0 Å². The van der Waals surface area contributed by atoms with Gasteiger partial charge in [0.1, 0.15) is 11.6 Å². The van der Waals surface area contributed by atoms with Gasteiger partial charge in [0.05, 0.1) is 36.4 Å². The highest BCUT2D eigenvalue weighted by atomic mass is 16.5. The van der Waals surface area contributed by atoms with Gasteiger partial charge in [0.25, 0.3) is 5.56 Å². The number of rotatable bonds is 6. The minimum atomic E-state index is -0.450. The normalized spacial score (nSPS) is 10.7. The van der Waals surface area contributed by atoms with Gasteiger partial charge in [-0.25, -0.2) is 9.78 Å². The molecule has 0 N–H and O–H groups in total. The van der Waals surface area contributed by atoms with Crippen LogP contribution >= 0.6 is 0 Å². The average molecular weight is 479 g/mol. The Hall–Kier alpha value is -4.91. The van der Waals surface area contributed by atoms with Crippen molar-refractivity contribution in [3.8, 4) is 34.3 Å². The van der Waals surface area contributed by atoms with Crippen molar-refractivity contribution in [1.82, 2.24) is 9.55 Å². The summed E-state index contributed by atoms with van der Waals surface area (Å²) in [5, 5.41) is 0.397. The molecule has 0 unspecified atom stereocenters. The molecule has 0 fully saturated rings. The molecule has 1 aromatic heterocycles. The van der Waals surface area contributed by atoms with E-state index in [4.69, 9.17) is 19.2 Å². The third-order valence-electron chi connectivity index (χ3n) is 5.72. The van der Waals surface area contributed by atoms with Crippen molar-refractivity contribution in [1.29, 1.82) is 0 Å². The molecule has 7 heteroatoms. The van der Waals surface area contributed by atoms with Gasteiger partial charge >= 0.3 is 5.97 Å². The van der Waals surface area contributed by atoms with E-state index in [1.807, 2.05) is 36.4 Å². The molecule has 0 aliphatic heterocycles. The molecule has 178 valence electrons. The number of fused-ring (bicyclic) bond motifs is 1. The number of carbonyl (C=O) groups is 1. The van der Waals surface area contributed by atoms with Crippen molar-refractivity contribution in [2.45, 2.75) is 0 Å². The number of carbonyl (C=O) groups excluding carboxylic acids is 1. The summed E-state index contributed by atoms with van der Waals surface area (Å²) in [5.41, 5.74) is 2.02. The Morgan fingerprint density at radius 2 is 1.39 bits per heavy atom. The van der Waals surface area contributed by atoms with Crippen molar-refractivity contribution in [2.24, 2.45) is 0 Å². The van der Waals surface area contributed by atoms with E-state index in [9.17, 15) is 9.59 Å². The van der Waals surface area contributed by atoms with Crippen LogP contribution in [-0.2, 0) is 0 Å². The molecule has 0 radical (unpaired) electrons. The van der Waals surface area contributed by atoms with Gasteiger partial charge in [0, 0.05) is 11.6 Å². The molecule has 0 saturated carbocycles. The number of benzene rings is 4. The van der Waals surface area contributed by atoms with Gasteiger partial charge in [0.15, 0.2) is 11.5 Å². The maximum Gasteiger partial charge on any atom is 0.343 e. The van der Waals surface area contributed by atoms with Gasteiger partial charge in [-0.15, -0.1) is 0 Å². The second-order valence-corrected chi connectivity index (χ2v) is 7.92. The molecular weight excluding hydrogens is 456 g/mol. The summed E-state index contributed by atoms with van der Waals surface area (Å²) in [5.74, 6) is 1.29. The third kappa shape index (κ3) is 4.30. The summed E-state index contributed by atoms with van der Waals surface area (Å²) in [4.78, 5) is 31.0. The maximum atomic E-state index is 13.7. The number of hydrogen-bond acceptors (Lipinski definition) is 6. The van der Waals surface area contributed by atoms with Gasteiger partial charge in [-0.1, -0.05) is 36.4 Å². The van der Waals surface area contributed by atoms with E-state index < -0.39 is 5.97 Å². The monoisotopic (exact) mass is 478 g/mol. The minimum absolute atomic E-state index is 0.248. The van der Waals surface area contributed by atoms with Crippen LogP contribution in [0.5, 0.6) is 17.2 Å². The molecule has 0 atom stereocenters. The molecule has 7 nitrogen and oxygen atoms in total. The average Bonchev–Trinajstić information content (AvgIpc) is 2.93. The van der Waals surface area contributed by atoms with Crippen molar-refractivity contribution in [2.75, 3.05) is 14.2 Å². The highest BCUT2D eigenvalue weighted by molar-refractivity contribution is 5.91. The van der Waals surface area contributed by atoms with Crippen LogP contribution in [0.4, 0.5) is 0 Å². The largest absolute Gasteiger partial charge is 0.493 e. The Morgan fingerprint density at radius 3 is 2.03 bits per heavy atom. The fourth-order valence-electron chi connectivity index (χ4n) is 3.94. The van der Waals surface area contributed by atoms with Crippen LogP contribution in [0.15, 0.2) is 102 Å². The molecular formula is C29H22N2O5. The van der Waals surface area contributed by atoms with Crippen LogP contribution < -0.4 is 19.8 Å². The lowest BCUT2D eigenvalue weighted by atomic mass is 10.1. The quantitative estimate of drug-likeness (QED) is 0.244. The summed E-state index contributed by atoms with van der Waals surface area (Å²) in [6.45, 7) is 0. The summed E-state index contributed by atoms with van der Waals surface area (Å²) < 4.78 is 17.9. The first-order chi connectivity index (χ1) is 17.6. The highest BCUT2D eigenvalue weighted by Gasteiger charge is 2.18. The lowest BCUT2D eigenvalue weighted by molar-refractivity contribution is 0.0735. The molecule has 5 aromatic rings. The second-order valence-electron chi connectivity index (χ2n) is 7.92. The topological polar surface area (TPSA) is 79.7 Å². The Labute approximate surface area is 207 Å². The smallest absolute Gasteiger partial charge is 0.343 e. The Kier molecular flexibility index (Phi) is 6.19. The van der Waals surface area contributed by atoms with Crippen LogP contribution in [0, 0.1) is 0 Å². The Bertz CT molecular complexity index is 1600. The lowest BCUT2D eigenvalue weighted by Gasteiger charge is -2.15. The Balaban J connectivity index is 1.62. The van der Waals surface area contributed by atoms with Gasteiger partial charge < -0.3 is 14.2 Å². The van der Waals surface area contributed by atoms with E-state index in [2.05, 4.69) is 0 Å². The zero-order chi connectivity index (χ0) is 25.1. The Morgan fingerprint density at radius 1 is 0.778 bits per heavy atom. The summed E-state index contributed by atoms with van der Waals surface area (Å²) >= 11 is 0. The van der Waals surface area contributed by atoms with Gasteiger partial charge in [-0.05, 0) is 54.6 Å². The standard InChI is InChI=1S/C29H22N2O5/c1-34-25-17-23-24(18-26(25)35-2)30-27(31(28(23)32)21-11-7-4-8-12-21)19-13-15-22(16-14-19)36-29(33)20-9-5-3-6-10-20/h3-18H,1-2H3. The van der Waals surface area contributed by atoms with Gasteiger partial charge in [-0.2, -0.15) is 0 Å². The van der Waals surface area contributed by atoms with Crippen molar-refractivity contribution < 1.29 is 19.0 Å². The zero-order valence-corrected chi connectivity index (χ0v) is 19.7. The number of hydrogen-bond donors (Lipinski definition) is 0. The summed E-state index contributed by atoms with van der Waals surface area (Å²) in [6.07, 6.45) is 0. The predicted octanol–water partition coefficient (Wildman–Crippen LogP) is 5.29. The molecule has 0 bridgehead atoms. The SMILES string of the molecule is COc1cc2nc(-c3ccc(OC(=O)c4ccccc4)cc3)n(-c3ccccc3)c(=O)c2cc1OC. The van der Waals surface area contributed by atoms with Crippen molar-refractivity contribution in [3.05, 3.63) is 113 Å². The molecule has 0 aliphatic rings. The van der Waals surface area contributed by atoms with Crippen molar-refractivity contribution in [3.63, 3.8) is 0 Å². The predicted molar refractivity (Wildman–Crippen MR) is 137 cm³/mol. The first-order valence-corrected chi connectivity index (χ1v) is 11.2. The fraction of sp³-hybridized carbons (Fsp3) is 0.0690. The molecule has 1 heterocycles. The lowest BCUT2D eigenvalue weighted by Crippen LogP contribution is -2.22. The van der Waals surface area contributed by atoms with E-state index in [0.717, 1.165) is 0 Å². The highest BCUT2D eigenvalue weighted by Crippen LogP contribution is 2.32. The number of para-hydroxylation sites is 1. The summed E-state index contributed by atoms with van der Waals surface area (Å²) in [6, 6.07) is 28.3. The molecule has 36 heavy (non-hydrogen) atoms.